The van der Waals surface area contributed by atoms with E-state index < -0.39 is 24.0 Å². The van der Waals surface area contributed by atoms with Crippen molar-refractivity contribution in [3.05, 3.63) is 59.7 Å². The van der Waals surface area contributed by atoms with Crippen molar-refractivity contribution >= 4 is 23.3 Å². The quantitative estimate of drug-likeness (QED) is 0.691. The molecular weight excluding hydrogens is 390 g/mol. The fraction of sp³-hybridized carbons (Fsp3) is 0.360. The lowest BCUT2D eigenvalue weighted by atomic mass is 9.99. The SMILES string of the molecule is CC#Cc1cccc2c1[C@H](O)N(c1ccccc1)C([C@H](CC)OC(=O)NC(C)(C)C)=N2. The summed E-state index contributed by atoms with van der Waals surface area (Å²) in [4.78, 5) is 19.0. The number of carbonyl (C=O) groups is 1. The summed E-state index contributed by atoms with van der Waals surface area (Å²) in [5, 5.41) is 14.3. The molecule has 2 N–H and O–H groups in total. The van der Waals surface area contributed by atoms with Gasteiger partial charge in [-0.1, -0.05) is 37.1 Å². The van der Waals surface area contributed by atoms with Crippen LogP contribution in [0, 0.1) is 11.8 Å². The maximum Gasteiger partial charge on any atom is 0.408 e. The van der Waals surface area contributed by atoms with E-state index in [0.29, 0.717) is 23.5 Å². The topological polar surface area (TPSA) is 74.2 Å². The summed E-state index contributed by atoms with van der Waals surface area (Å²) in [6.07, 6.45) is -1.70. The van der Waals surface area contributed by atoms with E-state index in [2.05, 4.69) is 17.2 Å². The second-order valence-corrected chi connectivity index (χ2v) is 8.34. The minimum atomic E-state index is -1.02. The Hall–Kier alpha value is -3.30. The molecule has 6 nitrogen and oxygen atoms in total. The minimum absolute atomic E-state index is 0.428. The number of rotatable bonds is 4. The van der Waals surface area contributed by atoms with Crippen LogP contribution in [0.25, 0.3) is 0 Å². The number of benzene rings is 2. The third-order valence-corrected chi connectivity index (χ3v) is 4.75. The first-order chi connectivity index (χ1) is 14.7. The molecule has 0 spiro atoms. The number of fused-ring (bicyclic) bond motifs is 1. The summed E-state index contributed by atoms with van der Waals surface area (Å²) < 4.78 is 5.75. The summed E-state index contributed by atoms with van der Waals surface area (Å²) in [6, 6.07) is 15.0. The number of nitrogens with zero attached hydrogens (tertiary/aromatic N) is 2. The fourth-order valence-electron chi connectivity index (χ4n) is 3.47. The van der Waals surface area contributed by atoms with E-state index in [-0.39, 0.29) is 0 Å². The van der Waals surface area contributed by atoms with Gasteiger partial charge in [0.25, 0.3) is 0 Å². The number of nitrogens with one attached hydrogen (secondary N) is 1. The van der Waals surface area contributed by atoms with Gasteiger partial charge in [0.2, 0.25) is 0 Å². The average molecular weight is 420 g/mol. The summed E-state index contributed by atoms with van der Waals surface area (Å²) in [5.74, 6) is 6.42. The van der Waals surface area contributed by atoms with Gasteiger partial charge in [-0.05, 0) is 58.4 Å². The second kappa shape index (κ2) is 9.23. The molecule has 2 aromatic rings. The van der Waals surface area contributed by atoms with Crippen molar-refractivity contribution in [2.45, 2.75) is 58.9 Å². The standard InChI is InChI=1S/C25H29N3O3/c1-6-12-17-13-11-16-19-21(17)23(29)28(18-14-9-8-10-15-18)22(26-19)20(7-2)31-24(30)27-25(3,4)5/h8-11,13-16,20,23,29H,7H2,1-5H3,(H,27,30)/t20-,23-/m0/s1. The highest BCUT2D eigenvalue weighted by Gasteiger charge is 2.36. The fourth-order valence-corrected chi connectivity index (χ4v) is 3.47. The smallest absolute Gasteiger partial charge is 0.408 e. The van der Waals surface area contributed by atoms with Crippen molar-refractivity contribution in [1.29, 1.82) is 0 Å². The number of hydrogen-bond donors (Lipinski definition) is 2. The number of amides is 1. The van der Waals surface area contributed by atoms with Crippen molar-refractivity contribution in [3.8, 4) is 11.8 Å². The normalized spacial score (nSPS) is 16.4. The highest BCUT2D eigenvalue weighted by molar-refractivity contribution is 6.05. The molecule has 162 valence electrons. The Morgan fingerprint density at radius 3 is 2.55 bits per heavy atom. The predicted molar refractivity (Wildman–Crippen MR) is 123 cm³/mol. The number of anilines is 1. The number of aliphatic hydroxyl groups is 1. The van der Waals surface area contributed by atoms with E-state index in [4.69, 9.17) is 9.73 Å². The van der Waals surface area contributed by atoms with Gasteiger partial charge in [0.1, 0.15) is 0 Å². The number of aliphatic hydroxyl groups excluding tert-OH is 1. The average Bonchev–Trinajstić information content (AvgIpc) is 2.71. The van der Waals surface area contributed by atoms with E-state index >= 15 is 0 Å². The van der Waals surface area contributed by atoms with Gasteiger partial charge in [-0.2, -0.15) is 0 Å². The number of aliphatic imine (C=N–C) groups is 1. The third kappa shape index (κ3) is 5.07. The van der Waals surface area contributed by atoms with Crippen LogP contribution in [0.3, 0.4) is 0 Å². The zero-order valence-electron chi connectivity index (χ0n) is 18.6. The van der Waals surface area contributed by atoms with Crippen molar-refractivity contribution < 1.29 is 14.6 Å². The third-order valence-electron chi connectivity index (χ3n) is 4.75. The molecule has 1 heterocycles. The first-order valence-electron chi connectivity index (χ1n) is 10.4. The molecule has 0 bridgehead atoms. The Labute approximate surface area is 184 Å². The molecular formula is C25H29N3O3. The van der Waals surface area contributed by atoms with Crippen LogP contribution in [0.5, 0.6) is 0 Å². The number of hydrogen-bond acceptors (Lipinski definition) is 5. The van der Waals surface area contributed by atoms with Crippen LogP contribution in [0.15, 0.2) is 53.5 Å². The van der Waals surface area contributed by atoms with Gasteiger partial charge in [-0.15, -0.1) is 5.92 Å². The van der Waals surface area contributed by atoms with Gasteiger partial charge in [-0.25, -0.2) is 9.79 Å². The van der Waals surface area contributed by atoms with E-state index in [1.54, 1.807) is 11.8 Å². The van der Waals surface area contributed by atoms with Crippen molar-refractivity contribution in [1.82, 2.24) is 5.32 Å². The first-order valence-corrected chi connectivity index (χ1v) is 10.4. The van der Waals surface area contributed by atoms with E-state index in [0.717, 1.165) is 11.3 Å². The monoisotopic (exact) mass is 419 g/mol. The Balaban J connectivity index is 2.10. The van der Waals surface area contributed by atoms with E-state index in [1.165, 1.54) is 0 Å². The Bertz CT molecular complexity index is 1030. The summed E-state index contributed by atoms with van der Waals surface area (Å²) in [7, 11) is 0. The lowest BCUT2D eigenvalue weighted by Crippen LogP contribution is -2.48. The predicted octanol–water partition coefficient (Wildman–Crippen LogP) is 4.90. The molecule has 0 aliphatic carbocycles. The minimum Gasteiger partial charge on any atom is -0.438 e. The van der Waals surface area contributed by atoms with Crippen LogP contribution in [0.1, 0.15) is 58.4 Å². The number of para-hydroxylation sites is 1. The molecule has 2 atom stereocenters. The molecule has 31 heavy (non-hydrogen) atoms. The number of amidine groups is 1. The molecule has 6 heteroatoms. The van der Waals surface area contributed by atoms with Crippen LogP contribution in [-0.2, 0) is 4.74 Å². The van der Waals surface area contributed by atoms with Crippen LogP contribution in [0.4, 0.5) is 16.2 Å². The lowest BCUT2D eigenvalue weighted by Gasteiger charge is -2.38. The van der Waals surface area contributed by atoms with Crippen LogP contribution >= 0.6 is 0 Å². The van der Waals surface area contributed by atoms with Gasteiger partial charge < -0.3 is 15.2 Å². The van der Waals surface area contributed by atoms with Gasteiger partial charge in [0.15, 0.2) is 18.2 Å². The summed E-state index contributed by atoms with van der Waals surface area (Å²) >= 11 is 0. The Kier molecular flexibility index (Phi) is 6.67. The largest absolute Gasteiger partial charge is 0.438 e. The maximum absolute atomic E-state index is 12.5. The Morgan fingerprint density at radius 2 is 1.94 bits per heavy atom. The van der Waals surface area contributed by atoms with Crippen molar-refractivity contribution in [3.63, 3.8) is 0 Å². The number of ether oxygens (including phenoxy) is 1. The molecule has 1 amide bonds. The summed E-state index contributed by atoms with van der Waals surface area (Å²) in [6.45, 7) is 9.34. The van der Waals surface area contributed by atoms with Crippen LogP contribution in [-0.4, -0.2) is 28.7 Å². The van der Waals surface area contributed by atoms with Crippen LogP contribution < -0.4 is 10.2 Å². The maximum atomic E-state index is 12.5. The number of alkyl carbamates (subject to hydrolysis) is 1. The highest BCUT2D eigenvalue weighted by Crippen LogP contribution is 2.39. The molecule has 1 aliphatic heterocycles. The zero-order chi connectivity index (χ0) is 22.6. The summed E-state index contributed by atoms with van der Waals surface area (Å²) in [5.41, 5.74) is 2.29. The zero-order valence-corrected chi connectivity index (χ0v) is 18.6. The molecule has 3 rings (SSSR count). The number of carbonyl (C=O) groups excluding carboxylic acids is 1. The lowest BCUT2D eigenvalue weighted by molar-refractivity contribution is 0.113. The molecule has 0 aromatic heterocycles. The van der Waals surface area contributed by atoms with E-state index in [1.807, 2.05) is 76.2 Å². The molecule has 2 aromatic carbocycles. The van der Waals surface area contributed by atoms with Gasteiger partial charge >= 0.3 is 6.09 Å². The first kappa shape index (κ1) is 22.4. The molecule has 1 aliphatic rings. The second-order valence-electron chi connectivity index (χ2n) is 8.34. The van der Waals surface area contributed by atoms with Gasteiger partial charge in [0.05, 0.1) is 5.69 Å². The van der Waals surface area contributed by atoms with Crippen molar-refractivity contribution in [2.75, 3.05) is 4.90 Å². The molecule has 0 saturated heterocycles. The molecule has 0 radical (unpaired) electrons. The van der Waals surface area contributed by atoms with Crippen LogP contribution in [0.2, 0.25) is 0 Å². The molecule has 0 saturated carbocycles. The van der Waals surface area contributed by atoms with Gasteiger partial charge in [-0.3, -0.25) is 4.90 Å². The van der Waals surface area contributed by atoms with Gasteiger partial charge in [0, 0.05) is 22.4 Å². The Morgan fingerprint density at radius 1 is 1.23 bits per heavy atom. The van der Waals surface area contributed by atoms with Crippen molar-refractivity contribution in [2.24, 2.45) is 4.99 Å². The van der Waals surface area contributed by atoms with E-state index in [9.17, 15) is 9.90 Å². The molecule has 0 fully saturated rings. The molecule has 0 unspecified atom stereocenters. The highest BCUT2D eigenvalue weighted by atomic mass is 16.6.